The summed E-state index contributed by atoms with van der Waals surface area (Å²) in [5.74, 6) is 2.23. The molecule has 2 nitrogen and oxygen atoms in total. The van der Waals surface area contributed by atoms with Crippen molar-refractivity contribution in [3.8, 4) is 0 Å². The molecule has 0 aromatic heterocycles. The second-order valence-corrected chi connectivity index (χ2v) is 2.90. The van der Waals surface area contributed by atoms with Crippen molar-refractivity contribution in [2.75, 3.05) is 0 Å². The van der Waals surface area contributed by atoms with E-state index in [-0.39, 0.29) is 5.82 Å². The van der Waals surface area contributed by atoms with Crippen LogP contribution in [0, 0.1) is 0 Å². The van der Waals surface area contributed by atoms with E-state index in [1.54, 1.807) is 0 Å². The van der Waals surface area contributed by atoms with Gasteiger partial charge in [0.05, 0.1) is 0 Å². The van der Waals surface area contributed by atoms with Gasteiger partial charge in [-0.05, 0) is 0 Å². The van der Waals surface area contributed by atoms with E-state index in [9.17, 15) is 5.11 Å². The molecule has 0 spiro atoms. The second kappa shape index (κ2) is 4.47. The van der Waals surface area contributed by atoms with Gasteiger partial charge in [0.15, 0.2) is 0 Å². The van der Waals surface area contributed by atoms with E-state index < -0.39 is 5.72 Å². The van der Waals surface area contributed by atoms with Crippen molar-refractivity contribution in [3.63, 3.8) is 0 Å². The predicted molar refractivity (Wildman–Crippen MR) is 50.9 cm³/mol. The average Bonchev–Trinajstić information content (AvgIpc) is 1.87. The van der Waals surface area contributed by atoms with Gasteiger partial charge in [-0.1, -0.05) is 0 Å². The molecule has 0 heterocycles. The summed E-state index contributed by atoms with van der Waals surface area (Å²) in [6.45, 7) is 9.39. The number of nitrogens with two attached hydrogens (primary N) is 1. The van der Waals surface area contributed by atoms with Crippen LogP contribution in [0.25, 0.3) is 0 Å². The maximum absolute atomic E-state index is 9.35. The van der Waals surface area contributed by atoms with Crippen molar-refractivity contribution in [1.82, 2.24) is 0 Å². The zero-order chi connectivity index (χ0) is 8.91. The molecular formula is C8H16BNO. The van der Waals surface area contributed by atoms with Crippen LogP contribution in [0.2, 0.25) is 5.82 Å². The number of rotatable bonds is 4. The topological polar surface area (TPSA) is 46.2 Å². The van der Waals surface area contributed by atoms with Gasteiger partial charge in [-0.2, -0.15) is 0 Å². The monoisotopic (exact) mass is 153 g/mol. The van der Waals surface area contributed by atoms with E-state index in [0.717, 1.165) is 0 Å². The van der Waals surface area contributed by atoms with Gasteiger partial charge < -0.3 is 0 Å². The van der Waals surface area contributed by atoms with Crippen LogP contribution < -0.4 is 5.73 Å². The van der Waals surface area contributed by atoms with Crippen LogP contribution in [0.5, 0.6) is 0 Å². The Balaban J connectivity index is 3.92. The molecule has 2 unspecified atom stereocenters. The second-order valence-electron chi connectivity index (χ2n) is 2.90. The van der Waals surface area contributed by atoms with E-state index in [4.69, 9.17) is 5.73 Å². The third-order valence-electron chi connectivity index (χ3n) is 1.52. The quantitative estimate of drug-likeness (QED) is 0.352. The molecule has 11 heavy (non-hydrogen) atoms. The van der Waals surface area contributed by atoms with Crippen molar-refractivity contribution < 1.29 is 5.11 Å². The molecule has 0 bridgehead atoms. The molecule has 0 saturated heterocycles. The van der Waals surface area contributed by atoms with Crippen LogP contribution in [-0.4, -0.2) is 23.7 Å². The Labute approximate surface area is 69.0 Å². The number of aliphatic hydroxyl groups is 1. The molecule has 62 valence electrons. The van der Waals surface area contributed by atoms with Gasteiger partial charge >= 0.3 is 68.2 Å². The molecule has 0 aromatic rings. The van der Waals surface area contributed by atoms with Gasteiger partial charge in [0, 0.05) is 0 Å². The summed E-state index contributed by atoms with van der Waals surface area (Å²) < 4.78 is 0. The Morgan fingerprint density at radius 1 is 1.82 bits per heavy atom. The van der Waals surface area contributed by atoms with Crippen molar-refractivity contribution in [1.29, 1.82) is 0 Å². The fourth-order valence-corrected chi connectivity index (χ4v) is 0.996. The van der Waals surface area contributed by atoms with Crippen LogP contribution in [0.15, 0.2) is 12.7 Å². The molecule has 0 fully saturated rings. The van der Waals surface area contributed by atoms with Crippen LogP contribution in [0.3, 0.4) is 0 Å². The summed E-state index contributed by atoms with van der Waals surface area (Å²) in [5.41, 5.74) is 4.23. The first-order valence-electron chi connectivity index (χ1n) is 3.79. The molecule has 3 heteroatoms. The Bertz CT molecular complexity index is 154. The molecule has 0 aliphatic rings. The van der Waals surface area contributed by atoms with Crippen LogP contribution in [0.1, 0.15) is 20.3 Å². The summed E-state index contributed by atoms with van der Waals surface area (Å²) in [7, 11) is 0. The average molecular weight is 153 g/mol. The standard InChI is InChI=1S/C8H16BNO/c1-4-8(10,11)6-7(3)9-5-2/h4-5,7,11H,1,6,10H2,2-3H3. The SMILES string of the molecule is C=CC(N)(O)CC(C)B=CC. The van der Waals surface area contributed by atoms with Crippen molar-refractivity contribution in [3.05, 3.63) is 12.7 Å². The predicted octanol–water partition coefficient (Wildman–Crippen LogP) is 0.545. The van der Waals surface area contributed by atoms with Crippen molar-refractivity contribution in [2.24, 2.45) is 5.73 Å². The van der Waals surface area contributed by atoms with Gasteiger partial charge in [0.1, 0.15) is 0 Å². The summed E-state index contributed by atoms with van der Waals surface area (Å²) in [6, 6.07) is 0. The van der Waals surface area contributed by atoms with Crippen LogP contribution >= 0.6 is 0 Å². The molecule has 0 aromatic carbocycles. The summed E-state index contributed by atoms with van der Waals surface area (Å²) in [4.78, 5) is 0. The van der Waals surface area contributed by atoms with Gasteiger partial charge in [-0.25, -0.2) is 0 Å². The molecule has 0 amide bonds. The Morgan fingerprint density at radius 2 is 2.36 bits per heavy atom. The maximum atomic E-state index is 9.35. The Kier molecular flexibility index (Phi) is 4.30. The normalized spacial score (nSPS) is 18.9. The molecule has 0 saturated carbocycles. The molecule has 0 radical (unpaired) electrons. The first-order chi connectivity index (χ1) is 5.02. The molecule has 0 aliphatic heterocycles. The van der Waals surface area contributed by atoms with Gasteiger partial charge in [0.2, 0.25) is 0 Å². The zero-order valence-electron chi connectivity index (χ0n) is 7.25. The van der Waals surface area contributed by atoms with Crippen LogP contribution in [0.4, 0.5) is 0 Å². The molecule has 0 aliphatic carbocycles. The van der Waals surface area contributed by atoms with E-state index in [2.05, 4.69) is 6.58 Å². The molecule has 0 rings (SSSR count). The molecular weight excluding hydrogens is 137 g/mol. The summed E-state index contributed by atoms with van der Waals surface area (Å²) >= 11 is 0. The van der Waals surface area contributed by atoms with Gasteiger partial charge in [0.25, 0.3) is 0 Å². The first kappa shape index (κ1) is 10.6. The third-order valence-corrected chi connectivity index (χ3v) is 1.52. The summed E-state index contributed by atoms with van der Waals surface area (Å²) in [5, 5.41) is 9.35. The van der Waals surface area contributed by atoms with E-state index in [1.807, 2.05) is 26.7 Å². The zero-order valence-corrected chi connectivity index (χ0v) is 7.25. The minimum absolute atomic E-state index is 0.285. The van der Waals surface area contributed by atoms with E-state index in [0.29, 0.717) is 6.42 Å². The molecule has 3 N–H and O–H groups in total. The van der Waals surface area contributed by atoms with Gasteiger partial charge in [-0.3, -0.25) is 0 Å². The molecule has 2 atom stereocenters. The fraction of sp³-hybridized carbons (Fsp3) is 0.625. The van der Waals surface area contributed by atoms with Crippen molar-refractivity contribution >= 4 is 12.9 Å². The number of hydrogen-bond donors (Lipinski definition) is 2. The minimum atomic E-state index is -1.22. The Hall–Kier alpha value is -0.405. The third kappa shape index (κ3) is 4.93. The first-order valence-corrected chi connectivity index (χ1v) is 3.79. The van der Waals surface area contributed by atoms with Gasteiger partial charge in [-0.15, -0.1) is 0 Å². The van der Waals surface area contributed by atoms with E-state index >= 15 is 0 Å². The van der Waals surface area contributed by atoms with E-state index in [1.165, 1.54) is 6.08 Å². The Morgan fingerprint density at radius 3 is 2.73 bits per heavy atom. The number of hydrogen-bond acceptors (Lipinski definition) is 2. The summed E-state index contributed by atoms with van der Waals surface area (Å²) in [6.07, 6.45) is 1.88. The fourth-order valence-electron chi connectivity index (χ4n) is 0.996. The van der Waals surface area contributed by atoms with Crippen molar-refractivity contribution in [2.45, 2.75) is 31.8 Å². The van der Waals surface area contributed by atoms with Crippen LogP contribution in [-0.2, 0) is 0 Å².